The van der Waals surface area contributed by atoms with Gasteiger partial charge in [-0.2, -0.15) is 0 Å². The van der Waals surface area contributed by atoms with E-state index in [2.05, 4.69) is 20.9 Å². The number of rotatable bonds is 8. The number of aromatic nitrogens is 2. The molecule has 130 valence electrons. The van der Waals surface area contributed by atoms with E-state index in [0.29, 0.717) is 26.2 Å². The maximum absolute atomic E-state index is 12.2. The van der Waals surface area contributed by atoms with Crippen molar-refractivity contribution in [1.82, 2.24) is 19.8 Å². The van der Waals surface area contributed by atoms with Gasteiger partial charge in [0.25, 0.3) is 0 Å². The third-order valence-corrected chi connectivity index (χ3v) is 3.82. The van der Waals surface area contributed by atoms with E-state index >= 15 is 0 Å². The number of imidazole rings is 1. The maximum Gasteiger partial charge on any atom is 0.317 e. The van der Waals surface area contributed by atoms with Crippen LogP contribution >= 0.6 is 0 Å². The molecule has 0 fully saturated rings. The summed E-state index contributed by atoms with van der Waals surface area (Å²) in [6, 6.07) is 7.92. The highest BCUT2D eigenvalue weighted by molar-refractivity contribution is 5.73. The number of benzene rings is 1. The fourth-order valence-electron chi connectivity index (χ4n) is 2.44. The monoisotopic (exact) mass is 330 g/mol. The largest absolute Gasteiger partial charge is 0.497 e. The van der Waals surface area contributed by atoms with E-state index in [0.717, 1.165) is 23.6 Å². The van der Waals surface area contributed by atoms with Crippen LogP contribution < -0.4 is 10.1 Å². The average Bonchev–Trinajstić information content (AvgIpc) is 3.04. The van der Waals surface area contributed by atoms with Crippen molar-refractivity contribution in [2.24, 2.45) is 0 Å². The van der Waals surface area contributed by atoms with Crippen LogP contribution in [0.3, 0.4) is 0 Å². The highest BCUT2D eigenvalue weighted by atomic mass is 16.5. The zero-order valence-electron chi connectivity index (χ0n) is 14.7. The van der Waals surface area contributed by atoms with Gasteiger partial charge in [-0.15, -0.1) is 0 Å². The summed E-state index contributed by atoms with van der Waals surface area (Å²) in [5, 5.41) is 2.91. The van der Waals surface area contributed by atoms with Crippen LogP contribution in [0, 0.1) is 0 Å². The van der Waals surface area contributed by atoms with Crippen molar-refractivity contribution in [3.8, 4) is 5.75 Å². The minimum Gasteiger partial charge on any atom is -0.497 e. The van der Waals surface area contributed by atoms with E-state index in [1.54, 1.807) is 18.2 Å². The molecule has 0 unspecified atom stereocenters. The van der Waals surface area contributed by atoms with Gasteiger partial charge in [-0.25, -0.2) is 9.78 Å². The molecule has 6 heteroatoms. The lowest BCUT2D eigenvalue weighted by Gasteiger charge is -2.21. The van der Waals surface area contributed by atoms with Gasteiger partial charge >= 0.3 is 6.03 Å². The average molecular weight is 330 g/mol. The van der Waals surface area contributed by atoms with Crippen molar-refractivity contribution in [3.63, 3.8) is 0 Å². The smallest absolute Gasteiger partial charge is 0.317 e. The van der Waals surface area contributed by atoms with Gasteiger partial charge in [0, 0.05) is 32.0 Å². The van der Waals surface area contributed by atoms with E-state index in [-0.39, 0.29) is 6.03 Å². The maximum atomic E-state index is 12.2. The second-order valence-corrected chi connectivity index (χ2v) is 5.57. The zero-order chi connectivity index (χ0) is 17.4. The number of hydrogen-bond acceptors (Lipinski definition) is 3. The lowest BCUT2D eigenvalue weighted by Crippen LogP contribution is -2.40. The highest BCUT2D eigenvalue weighted by Crippen LogP contribution is 2.15. The molecule has 0 atom stereocenters. The molecule has 0 spiro atoms. The van der Waals surface area contributed by atoms with Crippen LogP contribution in [0.25, 0.3) is 0 Å². The molecule has 2 aromatic rings. The van der Waals surface area contributed by atoms with Crippen molar-refractivity contribution >= 4 is 6.03 Å². The SMILES string of the molecule is CCCNC(=O)N(CC)Cc1nccn1Cc1cccc(OC)c1. The Balaban J connectivity index is 2.07. The number of amides is 2. The Hall–Kier alpha value is -2.50. The number of nitrogens with one attached hydrogen (secondary N) is 1. The van der Waals surface area contributed by atoms with Crippen molar-refractivity contribution < 1.29 is 9.53 Å². The van der Waals surface area contributed by atoms with E-state index in [1.807, 2.05) is 38.2 Å². The molecule has 1 aromatic carbocycles. The molecule has 6 nitrogen and oxygen atoms in total. The first-order chi connectivity index (χ1) is 11.7. The predicted octanol–water partition coefficient (Wildman–Crippen LogP) is 2.88. The Morgan fingerprint density at radius 2 is 2.21 bits per heavy atom. The van der Waals surface area contributed by atoms with Crippen LogP contribution in [0.4, 0.5) is 4.79 Å². The van der Waals surface area contributed by atoms with Gasteiger partial charge < -0.3 is 19.5 Å². The van der Waals surface area contributed by atoms with Gasteiger partial charge in [0.1, 0.15) is 11.6 Å². The van der Waals surface area contributed by atoms with Crippen LogP contribution in [0.15, 0.2) is 36.7 Å². The molecule has 0 aliphatic rings. The molecule has 0 aliphatic carbocycles. The molecular formula is C18H26N4O2. The van der Waals surface area contributed by atoms with E-state index in [1.165, 1.54) is 0 Å². The summed E-state index contributed by atoms with van der Waals surface area (Å²) in [6.45, 7) is 6.52. The quantitative estimate of drug-likeness (QED) is 0.809. The molecule has 24 heavy (non-hydrogen) atoms. The van der Waals surface area contributed by atoms with Crippen molar-refractivity contribution in [3.05, 3.63) is 48.0 Å². The molecule has 1 aromatic heterocycles. The van der Waals surface area contributed by atoms with Crippen LogP contribution in [0.5, 0.6) is 5.75 Å². The fraction of sp³-hybridized carbons (Fsp3) is 0.444. The first-order valence-corrected chi connectivity index (χ1v) is 8.33. The fourth-order valence-corrected chi connectivity index (χ4v) is 2.44. The second kappa shape index (κ2) is 8.96. The van der Waals surface area contributed by atoms with E-state index in [9.17, 15) is 4.79 Å². The summed E-state index contributed by atoms with van der Waals surface area (Å²) in [7, 11) is 1.66. The third-order valence-electron chi connectivity index (χ3n) is 3.82. The summed E-state index contributed by atoms with van der Waals surface area (Å²) < 4.78 is 7.33. The standard InChI is InChI=1S/C18H26N4O2/c1-4-9-20-18(23)21(5-2)14-17-19-10-11-22(17)13-15-7-6-8-16(12-15)24-3/h6-8,10-12H,4-5,9,13-14H2,1-3H3,(H,20,23). The first kappa shape index (κ1) is 17.8. The van der Waals surface area contributed by atoms with Gasteiger partial charge in [-0.3, -0.25) is 0 Å². The molecule has 0 saturated carbocycles. The number of ether oxygens (including phenoxy) is 1. The number of urea groups is 1. The molecule has 0 bridgehead atoms. The lowest BCUT2D eigenvalue weighted by atomic mass is 10.2. The van der Waals surface area contributed by atoms with E-state index in [4.69, 9.17) is 4.74 Å². The van der Waals surface area contributed by atoms with Gasteiger partial charge in [-0.1, -0.05) is 19.1 Å². The summed E-state index contributed by atoms with van der Waals surface area (Å²) in [5.74, 6) is 1.70. The summed E-state index contributed by atoms with van der Waals surface area (Å²) in [5.41, 5.74) is 1.13. The Bertz CT molecular complexity index is 654. The number of hydrogen-bond donors (Lipinski definition) is 1. The molecule has 2 rings (SSSR count). The molecule has 2 amide bonds. The van der Waals surface area contributed by atoms with E-state index < -0.39 is 0 Å². The number of nitrogens with zero attached hydrogens (tertiary/aromatic N) is 3. The van der Waals surface area contributed by atoms with Crippen LogP contribution in [-0.4, -0.2) is 40.7 Å². The van der Waals surface area contributed by atoms with Gasteiger partial charge in [-0.05, 0) is 31.0 Å². The Morgan fingerprint density at radius 1 is 1.38 bits per heavy atom. The molecule has 0 saturated heterocycles. The predicted molar refractivity (Wildman–Crippen MR) is 94.1 cm³/mol. The molecule has 0 aliphatic heterocycles. The van der Waals surface area contributed by atoms with Crippen molar-refractivity contribution in [1.29, 1.82) is 0 Å². The van der Waals surface area contributed by atoms with Gasteiger partial charge in [0.2, 0.25) is 0 Å². The summed E-state index contributed by atoms with van der Waals surface area (Å²) in [4.78, 5) is 18.4. The first-order valence-electron chi connectivity index (χ1n) is 8.33. The number of carbonyl (C=O) groups is 1. The lowest BCUT2D eigenvalue weighted by molar-refractivity contribution is 0.196. The van der Waals surface area contributed by atoms with Crippen LogP contribution in [0.2, 0.25) is 0 Å². The van der Waals surface area contributed by atoms with Gasteiger partial charge in [0.15, 0.2) is 0 Å². The molecular weight excluding hydrogens is 304 g/mol. The minimum atomic E-state index is -0.0460. The highest BCUT2D eigenvalue weighted by Gasteiger charge is 2.14. The third kappa shape index (κ3) is 4.75. The van der Waals surface area contributed by atoms with Crippen LogP contribution in [-0.2, 0) is 13.1 Å². The van der Waals surface area contributed by atoms with Gasteiger partial charge in [0.05, 0.1) is 13.7 Å². The molecule has 1 N–H and O–H groups in total. The topological polar surface area (TPSA) is 59.4 Å². The molecule has 1 heterocycles. The summed E-state index contributed by atoms with van der Waals surface area (Å²) in [6.07, 6.45) is 4.63. The zero-order valence-corrected chi connectivity index (χ0v) is 14.7. The summed E-state index contributed by atoms with van der Waals surface area (Å²) >= 11 is 0. The second-order valence-electron chi connectivity index (χ2n) is 5.57. The van der Waals surface area contributed by atoms with Crippen molar-refractivity contribution in [2.75, 3.05) is 20.2 Å². The Labute approximate surface area is 143 Å². The van der Waals surface area contributed by atoms with Crippen LogP contribution in [0.1, 0.15) is 31.7 Å². The van der Waals surface area contributed by atoms with Crippen molar-refractivity contribution in [2.45, 2.75) is 33.4 Å². The minimum absolute atomic E-state index is 0.0460. The number of carbonyl (C=O) groups excluding carboxylic acids is 1. The Kier molecular flexibility index (Phi) is 6.66. The normalized spacial score (nSPS) is 10.5. The number of methoxy groups -OCH3 is 1. The molecule has 0 radical (unpaired) electrons. The Morgan fingerprint density at radius 3 is 2.92 bits per heavy atom.